The van der Waals surface area contributed by atoms with Crippen LogP contribution in [0.1, 0.15) is 30.3 Å². The smallest absolute Gasteiger partial charge is 0.233 e. The van der Waals surface area contributed by atoms with Gasteiger partial charge in [-0.05, 0) is 13.0 Å². The lowest BCUT2D eigenvalue weighted by atomic mass is 9.99. The molecule has 1 aromatic heterocycles. The number of fused-ring (bicyclic) bond motifs is 1. The van der Waals surface area contributed by atoms with Crippen molar-refractivity contribution >= 4 is 5.91 Å². The van der Waals surface area contributed by atoms with Crippen LogP contribution in [0.15, 0.2) is 30.6 Å². The second kappa shape index (κ2) is 6.24. The fourth-order valence-corrected chi connectivity index (χ4v) is 3.35. The molecule has 0 saturated carbocycles. The van der Waals surface area contributed by atoms with E-state index in [0.717, 1.165) is 23.7 Å². The highest BCUT2D eigenvalue weighted by Gasteiger charge is 2.36. The summed E-state index contributed by atoms with van der Waals surface area (Å²) in [6, 6.07) is 7.75. The van der Waals surface area contributed by atoms with E-state index in [2.05, 4.69) is 10.2 Å². The van der Waals surface area contributed by atoms with E-state index in [1.54, 1.807) is 6.33 Å². The second-order valence-electron chi connectivity index (χ2n) is 6.02. The van der Waals surface area contributed by atoms with Crippen LogP contribution >= 0.6 is 0 Å². The lowest BCUT2D eigenvalue weighted by molar-refractivity contribution is -0.141. The van der Waals surface area contributed by atoms with Crippen molar-refractivity contribution < 1.29 is 14.3 Å². The lowest BCUT2D eigenvalue weighted by Gasteiger charge is -2.33. The predicted octanol–water partition coefficient (Wildman–Crippen LogP) is 1.37. The number of morpholine rings is 1. The molecule has 0 spiro atoms. The highest BCUT2D eigenvalue weighted by atomic mass is 16.5. The summed E-state index contributed by atoms with van der Waals surface area (Å²) < 4.78 is 13.4. The maximum atomic E-state index is 13.0. The van der Waals surface area contributed by atoms with Crippen LogP contribution in [0.2, 0.25) is 0 Å². The van der Waals surface area contributed by atoms with Gasteiger partial charge in [-0.25, -0.2) is 0 Å². The fraction of sp³-hybridized carbons (Fsp3) is 0.471. The molecule has 1 amide bonds. The van der Waals surface area contributed by atoms with Gasteiger partial charge in [-0.15, -0.1) is 10.2 Å². The molecule has 0 N–H and O–H groups in total. The molecule has 0 unspecified atom stereocenters. The zero-order chi connectivity index (χ0) is 16.5. The van der Waals surface area contributed by atoms with Crippen molar-refractivity contribution in [3.8, 4) is 5.75 Å². The molecule has 3 heterocycles. The Bertz CT molecular complexity index is 745. The minimum absolute atomic E-state index is 0.0933. The Labute approximate surface area is 140 Å². The van der Waals surface area contributed by atoms with E-state index in [1.165, 1.54) is 0 Å². The first-order chi connectivity index (χ1) is 11.8. The van der Waals surface area contributed by atoms with Gasteiger partial charge >= 0.3 is 0 Å². The number of hydrogen-bond donors (Lipinski definition) is 0. The summed E-state index contributed by atoms with van der Waals surface area (Å²) >= 11 is 0. The Kier molecular flexibility index (Phi) is 3.93. The molecule has 24 heavy (non-hydrogen) atoms. The third kappa shape index (κ3) is 2.54. The van der Waals surface area contributed by atoms with Crippen LogP contribution in [0.4, 0.5) is 0 Å². The molecule has 0 aliphatic carbocycles. The standard InChI is InChI=1S/C17H20N4O3/c1-2-20-11-18-19-16(20)15-9-21(7-8-23-15)17(22)13-10-24-14-6-4-3-5-12(13)14/h3-6,11,13,15H,2,7-10H2,1H3/t13-,15-/m1/s1. The van der Waals surface area contributed by atoms with Gasteiger partial charge in [-0.1, -0.05) is 18.2 Å². The number of benzene rings is 1. The molecule has 7 nitrogen and oxygen atoms in total. The van der Waals surface area contributed by atoms with Crippen molar-refractivity contribution in [2.45, 2.75) is 25.5 Å². The molecule has 2 aliphatic heterocycles. The molecule has 1 fully saturated rings. The SMILES string of the molecule is CCn1cnnc1[C@H]1CN(C(=O)[C@@H]2COc3ccccc32)CCO1. The average Bonchev–Trinajstić information content (AvgIpc) is 3.28. The summed E-state index contributed by atoms with van der Waals surface area (Å²) in [7, 11) is 0. The van der Waals surface area contributed by atoms with Crippen molar-refractivity contribution in [2.24, 2.45) is 0 Å². The van der Waals surface area contributed by atoms with Crippen LogP contribution in [-0.2, 0) is 16.1 Å². The second-order valence-corrected chi connectivity index (χ2v) is 6.02. The van der Waals surface area contributed by atoms with Crippen molar-refractivity contribution in [2.75, 3.05) is 26.3 Å². The molecule has 2 aromatic rings. The molecule has 1 saturated heterocycles. The molecule has 126 valence electrons. The van der Waals surface area contributed by atoms with E-state index in [9.17, 15) is 4.79 Å². The van der Waals surface area contributed by atoms with Gasteiger partial charge in [0.25, 0.3) is 0 Å². The van der Waals surface area contributed by atoms with E-state index < -0.39 is 0 Å². The van der Waals surface area contributed by atoms with Crippen molar-refractivity contribution in [1.29, 1.82) is 0 Å². The number of aromatic nitrogens is 3. The van der Waals surface area contributed by atoms with Gasteiger partial charge in [0.15, 0.2) is 5.82 Å². The van der Waals surface area contributed by atoms with Crippen LogP contribution in [0.25, 0.3) is 0 Å². The van der Waals surface area contributed by atoms with Gasteiger partial charge in [-0.3, -0.25) is 4.79 Å². The van der Waals surface area contributed by atoms with Crippen LogP contribution in [-0.4, -0.2) is 51.9 Å². The van der Waals surface area contributed by atoms with E-state index in [1.807, 2.05) is 40.7 Å². The largest absolute Gasteiger partial charge is 0.492 e. The van der Waals surface area contributed by atoms with Crippen molar-refractivity contribution in [3.63, 3.8) is 0 Å². The maximum Gasteiger partial charge on any atom is 0.233 e. The molecular weight excluding hydrogens is 308 g/mol. The molecule has 0 radical (unpaired) electrons. The topological polar surface area (TPSA) is 69.5 Å². The Morgan fingerprint density at radius 3 is 3.12 bits per heavy atom. The zero-order valence-corrected chi connectivity index (χ0v) is 13.6. The number of nitrogens with zero attached hydrogens (tertiary/aromatic N) is 4. The third-order valence-corrected chi connectivity index (χ3v) is 4.65. The zero-order valence-electron chi connectivity index (χ0n) is 13.6. The molecule has 0 bridgehead atoms. The number of para-hydroxylation sites is 1. The molecule has 7 heteroatoms. The van der Waals surface area contributed by atoms with Gasteiger partial charge in [0.05, 0.1) is 13.2 Å². The number of carbonyl (C=O) groups is 1. The number of carbonyl (C=O) groups excluding carboxylic acids is 1. The number of rotatable bonds is 3. The van der Waals surface area contributed by atoms with Gasteiger partial charge in [0.1, 0.15) is 30.7 Å². The Balaban J connectivity index is 1.51. The first kappa shape index (κ1) is 15.1. The Morgan fingerprint density at radius 1 is 1.38 bits per heavy atom. The average molecular weight is 328 g/mol. The quantitative estimate of drug-likeness (QED) is 0.851. The Hall–Kier alpha value is -2.41. The monoisotopic (exact) mass is 328 g/mol. The fourth-order valence-electron chi connectivity index (χ4n) is 3.35. The van der Waals surface area contributed by atoms with E-state index >= 15 is 0 Å². The highest BCUT2D eigenvalue weighted by Crippen LogP contribution is 2.35. The molecule has 2 aliphatic rings. The summed E-state index contributed by atoms with van der Waals surface area (Å²) in [6.45, 7) is 4.81. The summed E-state index contributed by atoms with van der Waals surface area (Å²) in [5.74, 6) is 1.45. The van der Waals surface area contributed by atoms with Gasteiger partial charge in [0, 0.05) is 18.7 Å². The van der Waals surface area contributed by atoms with E-state index in [-0.39, 0.29) is 17.9 Å². The molecule has 4 rings (SSSR count). The summed E-state index contributed by atoms with van der Waals surface area (Å²) in [4.78, 5) is 14.8. The van der Waals surface area contributed by atoms with Crippen LogP contribution < -0.4 is 4.74 Å². The number of hydrogen-bond acceptors (Lipinski definition) is 5. The number of ether oxygens (including phenoxy) is 2. The lowest BCUT2D eigenvalue weighted by Crippen LogP contribution is -2.45. The Morgan fingerprint density at radius 2 is 2.25 bits per heavy atom. The van der Waals surface area contributed by atoms with E-state index in [0.29, 0.717) is 26.3 Å². The minimum atomic E-state index is -0.234. The van der Waals surface area contributed by atoms with Crippen molar-refractivity contribution in [3.05, 3.63) is 42.0 Å². The van der Waals surface area contributed by atoms with Gasteiger partial charge < -0.3 is 18.9 Å². The summed E-state index contributed by atoms with van der Waals surface area (Å²) in [6.07, 6.45) is 1.46. The van der Waals surface area contributed by atoms with Crippen LogP contribution in [0.5, 0.6) is 5.75 Å². The molecule has 1 aromatic carbocycles. The molecule has 2 atom stereocenters. The number of amides is 1. The molecular formula is C17H20N4O3. The summed E-state index contributed by atoms with van der Waals surface area (Å²) in [5.41, 5.74) is 0.974. The highest BCUT2D eigenvalue weighted by molar-refractivity contribution is 5.85. The summed E-state index contributed by atoms with van der Waals surface area (Å²) in [5, 5.41) is 8.12. The number of aryl methyl sites for hydroxylation is 1. The van der Waals surface area contributed by atoms with Crippen molar-refractivity contribution in [1.82, 2.24) is 19.7 Å². The minimum Gasteiger partial charge on any atom is -0.492 e. The van der Waals surface area contributed by atoms with Crippen LogP contribution in [0.3, 0.4) is 0 Å². The van der Waals surface area contributed by atoms with Gasteiger partial charge in [-0.2, -0.15) is 0 Å². The predicted molar refractivity (Wildman–Crippen MR) is 85.6 cm³/mol. The first-order valence-corrected chi connectivity index (χ1v) is 8.27. The van der Waals surface area contributed by atoms with Gasteiger partial charge in [0.2, 0.25) is 5.91 Å². The normalized spacial score (nSPS) is 23.0. The first-order valence-electron chi connectivity index (χ1n) is 8.27. The van der Waals surface area contributed by atoms with E-state index in [4.69, 9.17) is 9.47 Å². The maximum absolute atomic E-state index is 13.0. The third-order valence-electron chi connectivity index (χ3n) is 4.65. The van der Waals surface area contributed by atoms with Crippen LogP contribution in [0, 0.1) is 0 Å².